The molecular formula is C11H16N2O4. The predicted molar refractivity (Wildman–Crippen MR) is 58.0 cm³/mol. The van der Waals surface area contributed by atoms with Gasteiger partial charge in [-0.3, -0.25) is 4.79 Å². The van der Waals surface area contributed by atoms with Crippen LogP contribution < -0.4 is 5.32 Å². The number of carboxylic acid groups (broad SMARTS) is 1. The van der Waals surface area contributed by atoms with E-state index < -0.39 is 23.3 Å². The highest BCUT2D eigenvalue weighted by Gasteiger charge is 2.41. The maximum absolute atomic E-state index is 12.0. The molecule has 6 nitrogen and oxygen atoms in total. The lowest BCUT2D eigenvalue weighted by Gasteiger charge is -2.30. The first-order valence-corrected chi connectivity index (χ1v) is 5.58. The van der Waals surface area contributed by atoms with Crippen LogP contribution in [0.15, 0.2) is 0 Å². The smallest absolute Gasteiger partial charge is 0.326 e. The maximum atomic E-state index is 12.0. The van der Waals surface area contributed by atoms with E-state index in [-0.39, 0.29) is 0 Å². The molecule has 1 aliphatic heterocycles. The average molecular weight is 240 g/mol. The van der Waals surface area contributed by atoms with Gasteiger partial charge in [0.05, 0.1) is 6.07 Å². The van der Waals surface area contributed by atoms with Crippen molar-refractivity contribution in [2.24, 2.45) is 5.41 Å². The van der Waals surface area contributed by atoms with Gasteiger partial charge in [0, 0.05) is 13.2 Å². The minimum absolute atomic E-state index is 0.291. The number of carboxylic acids is 1. The molecule has 1 unspecified atom stereocenters. The van der Waals surface area contributed by atoms with Crippen LogP contribution in [-0.2, 0) is 14.3 Å². The largest absolute Gasteiger partial charge is 0.480 e. The number of ether oxygens (including phenoxy) is 1. The Morgan fingerprint density at radius 3 is 2.53 bits per heavy atom. The van der Waals surface area contributed by atoms with Gasteiger partial charge in [0.2, 0.25) is 5.91 Å². The van der Waals surface area contributed by atoms with E-state index in [4.69, 9.17) is 15.1 Å². The number of nitriles is 1. The second-order valence-corrected chi connectivity index (χ2v) is 4.08. The molecule has 17 heavy (non-hydrogen) atoms. The topological polar surface area (TPSA) is 99.4 Å². The van der Waals surface area contributed by atoms with Gasteiger partial charge in [0.1, 0.15) is 11.5 Å². The van der Waals surface area contributed by atoms with Gasteiger partial charge in [-0.2, -0.15) is 5.26 Å². The minimum atomic E-state index is -1.14. The fraction of sp³-hybridized carbons (Fsp3) is 0.727. The van der Waals surface area contributed by atoms with Crippen LogP contribution in [0, 0.1) is 16.7 Å². The molecule has 0 bridgehead atoms. The number of rotatable bonds is 4. The molecule has 1 fully saturated rings. The third-order valence-electron chi connectivity index (χ3n) is 3.01. The zero-order valence-electron chi connectivity index (χ0n) is 9.73. The molecular weight excluding hydrogens is 224 g/mol. The van der Waals surface area contributed by atoms with E-state index in [1.165, 1.54) is 0 Å². The molecule has 1 aliphatic rings. The van der Waals surface area contributed by atoms with E-state index in [0.29, 0.717) is 32.5 Å². The lowest BCUT2D eigenvalue weighted by atomic mass is 9.80. The Balaban J connectivity index is 2.73. The number of carbonyl (C=O) groups excluding carboxylic acids is 1. The van der Waals surface area contributed by atoms with Gasteiger partial charge in [-0.05, 0) is 19.3 Å². The Kier molecular flexibility index (Phi) is 4.46. The zero-order chi connectivity index (χ0) is 12.9. The summed E-state index contributed by atoms with van der Waals surface area (Å²) in [5.74, 6) is -1.58. The molecule has 1 heterocycles. The summed E-state index contributed by atoms with van der Waals surface area (Å²) in [7, 11) is 0. The van der Waals surface area contributed by atoms with Crippen molar-refractivity contribution >= 4 is 11.9 Å². The summed E-state index contributed by atoms with van der Waals surface area (Å²) in [6.45, 7) is 2.37. The molecule has 0 aromatic carbocycles. The fourth-order valence-electron chi connectivity index (χ4n) is 1.74. The molecule has 0 spiro atoms. The van der Waals surface area contributed by atoms with Crippen molar-refractivity contribution in [3.05, 3.63) is 0 Å². The second-order valence-electron chi connectivity index (χ2n) is 4.08. The lowest BCUT2D eigenvalue weighted by molar-refractivity contribution is -0.144. The number of nitrogens with zero attached hydrogens (tertiary/aromatic N) is 1. The molecule has 0 aromatic heterocycles. The lowest BCUT2D eigenvalue weighted by Crippen LogP contribution is -2.49. The van der Waals surface area contributed by atoms with Crippen molar-refractivity contribution in [3.8, 4) is 6.07 Å². The maximum Gasteiger partial charge on any atom is 0.326 e. The van der Waals surface area contributed by atoms with Crippen LogP contribution in [0.3, 0.4) is 0 Å². The fourth-order valence-corrected chi connectivity index (χ4v) is 1.74. The summed E-state index contributed by atoms with van der Waals surface area (Å²) >= 11 is 0. The average Bonchev–Trinajstić information content (AvgIpc) is 2.35. The number of aliphatic carboxylic acids is 1. The van der Waals surface area contributed by atoms with Crippen molar-refractivity contribution in [1.29, 1.82) is 5.26 Å². The molecule has 0 saturated carbocycles. The van der Waals surface area contributed by atoms with Crippen molar-refractivity contribution in [1.82, 2.24) is 5.32 Å². The normalized spacial score (nSPS) is 20.0. The Bertz CT molecular complexity index is 342. The summed E-state index contributed by atoms with van der Waals surface area (Å²) in [5.41, 5.74) is -1.14. The summed E-state index contributed by atoms with van der Waals surface area (Å²) < 4.78 is 5.11. The molecule has 1 saturated heterocycles. The van der Waals surface area contributed by atoms with Gasteiger partial charge in [-0.25, -0.2) is 4.79 Å². The molecule has 0 aromatic rings. The van der Waals surface area contributed by atoms with E-state index in [1.54, 1.807) is 6.92 Å². The number of nitrogens with one attached hydrogen (secondary N) is 1. The van der Waals surface area contributed by atoms with Gasteiger partial charge >= 0.3 is 5.97 Å². The Hall–Kier alpha value is -1.61. The van der Waals surface area contributed by atoms with Gasteiger partial charge in [-0.15, -0.1) is 0 Å². The van der Waals surface area contributed by atoms with Crippen molar-refractivity contribution in [2.45, 2.75) is 32.2 Å². The molecule has 1 amide bonds. The van der Waals surface area contributed by atoms with Crippen molar-refractivity contribution < 1.29 is 19.4 Å². The zero-order valence-corrected chi connectivity index (χ0v) is 9.73. The van der Waals surface area contributed by atoms with Gasteiger partial charge in [0.15, 0.2) is 0 Å². The summed E-state index contributed by atoms with van der Waals surface area (Å²) in [6.07, 6.45) is 0.913. The quantitative estimate of drug-likeness (QED) is 0.735. The summed E-state index contributed by atoms with van der Waals surface area (Å²) in [5, 5.41) is 20.4. The first-order valence-electron chi connectivity index (χ1n) is 5.58. The minimum Gasteiger partial charge on any atom is -0.480 e. The number of carbonyl (C=O) groups is 2. The van der Waals surface area contributed by atoms with Crippen molar-refractivity contribution in [2.75, 3.05) is 13.2 Å². The highest BCUT2D eigenvalue weighted by molar-refractivity contribution is 5.89. The number of amides is 1. The number of hydrogen-bond donors (Lipinski definition) is 2. The van der Waals surface area contributed by atoms with Crippen LogP contribution in [0.2, 0.25) is 0 Å². The van der Waals surface area contributed by atoms with Crippen LogP contribution in [0.1, 0.15) is 26.2 Å². The third kappa shape index (κ3) is 2.94. The molecule has 0 aliphatic carbocycles. The standard InChI is InChI=1S/C11H16N2O4/c1-2-8(9(14)15)13-10(16)11(7-12)3-5-17-6-4-11/h8H,2-6H2,1H3,(H,13,16)(H,14,15). The van der Waals surface area contributed by atoms with E-state index in [0.717, 1.165) is 0 Å². The van der Waals surface area contributed by atoms with Crippen LogP contribution in [0.25, 0.3) is 0 Å². The Morgan fingerprint density at radius 2 is 2.12 bits per heavy atom. The van der Waals surface area contributed by atoms with Gasteiger partial charge in [0.25, 0.3) is 0 Å². The van der Waals surface area contributed by atoms with Gasteiger partial charge < -0.3 is 15.2 Å². The van der Waals surface area contributed by atoms with Gasteiger partial charge in [-0.1, -0.05) is 6.92 Å². The van der Waals surface area contributed by atoms with Crippen LogP contribution in [0.5, 0.6) is 0 Å². The van der Waals surface area contributed by atoms with Crippen LogP contribution in [0.4, 0.5) is 0 Å². The molecule has 2 N–H and O–H groups in total. The van der Waals surface area contributed by atoms with Crippen LogP contribution >= 0.6 is 0 Å². The summed E-state index contributed by atoms with van der Waals surface area (Å²) in [6, 6.07) is 1.07. The first-order chi connectivity index (χ1) is 8.05. The molecule has 1 rings (SSSR count). The van der Waals surface area contributed by atoms with E-state index in [9.17, 15) is 9.59 Å². The summed E-state index contributed by atoms with van der Waals surface area (Å²) in [4.78, 5) is 22.8. The third-order valence-corrected chi connectivity index (χ3v) is 3.01. The SMILES string of the molecule is CCC(NC(=O)C1(C#N)CCOCC1)C(=O)O. The molecule has 94 valence electrons. The first kappa shape index (κ1) is 13.5. The number of hydrogen-bond acceptors (Lipinski definition) is 4. The molecule has 0 radical (unpaired) electrons. The monoisotopic (exact) mass is 240 g/mol. The van der Waals surface area contributed by atoms with E-state index in [2.05, 4.69) is 5.32 Å². The highest BCUT2D eigenvalue weighted by Crippen LogP contribution is 2.30. The molecule has 6 heteroatoms. The molecule has 1 atom stereocenters. The Labute approximate surface area is 99.6 Å². The van der Waals surface area contributed by atoms with E-state index >= 15 is 0 Å². The predicted octanol–water partition coefficient (Wildman–Crippen LogP) is 0.286. The van der Waals surface area contributed by atoms with Crippen molar-refractivity contribution in [3.63, 3.8) is 0 Å². The van der Waals surface area contributed by atoms with E-state index in [1.807, 2.05) is 6.07 Å². The van der Waals surface area contributed by atoms with Crippen LogP contribution in [-0.4, -0.2) is 36.2 Å². The highest BCUT2D eigenvalue weighted by atomic mass is 16.5. The Morgan fingerprint density at radius 1 is 1.53 bits per heavy atom. The second kappa shape index (κ2) is 5.64.